The molecule has 2 aliphatic rings. The monoisotopic (exact) mass is 369 g/mol. The number of halogens is 3. The van der Waals surface area contributed by atoms with Crippen LogP contribution in [-0.4, -0.2) is 33.9 Å². The van der Waals surface area contributed by atoms with Gasteiger partial charge in [-0.15, -0.1) is 0 Å². The van der Waals surface area contributed by atoms with Crippen molar-refractivity contribution in [1.82, 2.24) is 15.3 Å². The van der Waals surface area contributed by atoms with E-state index in [9.17, 15) is 18.3 Å². The van der Waals surface area contributed by atoms with Crippen molar-refractivity contribution in [3.05, 3.63) is 28.9 Å². The minimum atomic E-state index is -4.21. The van der Waals surface area contributed by atoms with Crippen molar-refractivity contribution < 1.29 is 18.3 Å². The summed E-state index contributed by atoms with van der Waals surface area (Å²) in [6, 6.07) is 0.0675. The Morgan fingerprint density at radius 2 is 2.04 bits per heavy atom. The zero-order valence-corrected chi connectivity index (χ0v) is 15.2. The molecule has 1 aromatic heterocycles. The molecular weight excluding hydrogens is 343 g/mol. The van der Waals surface area contributed by atoms with Gasteiger partial charge in [-0.2, -0.15) is 13.2 Å². The number of aliphatic hydroxyl groups is 1. The molecule has 144 valence electrons. The van der Waals surface area contributed by atoms with Gasteiger partial charge in [-0.25, -0.2) is 0 Å². The molecule has 0 bridgehead atoms. The van der Waals surface area contributed by atoms with Gasteiger partial charge >= 0.3 is 6.18 Å². The lowest BCUT2D eigenvalue weighted by Gasteiger charge is -2.21. The molecule has 26 heavy (non-hydrogen) atoms. The number of hydrogen-bond acceptors (Lipinski definition) is 4. The molecule has 7 heteroatoms. The lowest BCUT2D eigenvalue weighted by Crippen LogP contribution is -2.34. The Morgan fingerprint density at radius 1 is 1.35 bits per heavy atom. The number of rotatable bonds is 4. The summed E-state index contributed by atoms with van der Waals surface area (Å²) >= 11 is 0. The van der Waals surface area contributed by atoms with Crippen LogP contribution in [0.25, 0.3) is 6.08 Å². The third-order valence-electron chi connectivity index (χ3n) is 5.71. The minimum absolute atomic E-state index is 0.0184. The lowest BCUT2D eigenvalue weighted by molar-refractivity contribution is -0.174. The van der Waals surface area contributed by atoms with Crippen molar-refractivity contribution in [3.63, 3.8) is 0 Å². The molecule has 1 aliphatic heterocycles. The Bertz CT molecular complexity index is 683. The van der Waals surface area contributed by atoms with Crippen LogP contribution >= 0.6 is 0 Å². The smallest absolute Gasteiger partial charge is 0.395 e. The summed E-state index contributed by atoms with van der Waals surface area (Å²) < 4.78 is 39.8. The van der Waals surface area contributed by atoms with E-state index in [4.69, 9.17) is 0 Å². The fraction of sp³-hybridized carbons (Fsp3) is 0.684. The van der Waals surface area contributed by atoms with E-state index in [1.807, 2.05) is 0 Å². The molecule has 2 heterocycles. The molecule has 4 nitrogen and oxygen atoms in total. The van der Waals surface area contributed by atoms with Crippen molar-refractivity contribution >= 4 is 6.08 Å². The maximum atomic E-state index is 13.3. The Labute approximate surface area is 151 Å². The summed E-state index contributed by atoms with van der Waals surface area (Å²) in [6.07, 6.45) is 3.22. The van der Waals surface area contributed by atoms with Crippen molar-refractivity contribution in [2.24, 2.45) is 5.41 Å². The molecule has 1 saturated heterocycles. The second-order valence-electron chi connectivity index (χ2n) is 7.56. The molecule has 3 rings (SSSR count). The van der Waals surface area contributed by atoms with Gasteiger partial charge in [0.1, 0.15) is 0 Å². The fourth-order valence-corrected chi connectivity index (χ4v) is 3.76. The van der Waals surface area contributed by atoms with Gasteiger partial charge in [-0.05, 0) is 45.6 Å². The quantitative estimate of drug-likeness (QED) is 0.839. The summed E-state index contributed by atoms with van der Waals surface area (Å²) in [6.45, 7) is 3.40. The summed E-state index contributed by atoms with van der Waals surface area (Å²) in [5.74, 6) is 0. The van der Waals surface area contributed by atoms with Gasteiger partial charge in [0.25, 0.3) is 0 Å². The van der Waals surface area contributed by atoms with Gasteiger partial charge in [0.2, 0.25) is 0 Å². The number of nitrogens with one attached hydrogen (secondary N) is 1. The van der Waals surface area contributed by atoms with Gasteiger partial charge in [-0.1, -0.05) is 18.4 Å². The van der Waals surface area contributed by atoms with Crippen LogP contribution in [0.4, 0.5) is 13.2 Å². The Hall–Kier alpha value is -1.47. The first-order valence-corrected chi connectivity index (χ1v) is 9.23. The summed E-state index contributed by atoms with van der Waals surface area (Å²) in [5.41, 5.74) is 0.551. The second kappa shape index (κ2) is 7.27. The highest BCUT2D eigenvalue weighted by Gasteiger charge is 2.64. The standard InChI is InChI=1S/C19H26F3N3O/c1-12(18(7-8-18)19(20,21)22)9-16-13(2)24-17(10-23-16)15-6-4-3-5-14(11-26)25-15/h9-10,14-15,25-26H,3-8,11H2,1-2H3/b12-9+. The van der Waals surface area contributed by atoms with E-state index >= 15 is 0 Å². The van der Waals surface area contributed by atoms with E-state index in [0.29, 0.717) is 17.0 Å². The molecule has 1 aliphatic carbocycles. The molecule has 0 amide bonds. The van der Waals surface area contributed by atoms with Crippen molar-refractivity contribution in [1.29, 1.82) is 0 Å². The Balaban J connectivity index is 1.81. The SMILES string of the molecule is C/C(=C\c1ncc(C2CCCCC(CO)N2)nc1C)C1(C(F)(F)F)CC1. The van der Waals surface area contributed by atoms with E-state index in [0.717, 1.165) is 31.4 Å². The van der Waals surface area contributed by atoms with Gasteiger partial charge in [0, 0.05) is 6.04 Å². The van der Waals surface area contributed by atoms with E-state index in [1.54, 1.807) is 13.1 Å². The predicted molar refractivity (Wildman–Crippen MR) is 93.4 cm³/mol. The van der Waals surface area contributed by atoms with Crippen LogP contribution in [0.15, 0.2) is 11.8 Å². The van der Waals surface area contributed by atoms with Crippen LogP contribution in [0.1, 0.15) is 68.6 Å². The van der Waals surface area contributed by atoms with Crippen molar-refractivity contribution in [2.75, 3.05) is 6.61 Å². The van der Waals surface area contributed by atoms with Gasteiger partial charge in [0.05, 0.1) is 41.3 Å². The van der Waals surface area contributed by atoms with Crippen molar-refractivity contribution in [2.45, 2.75) is 70.6 Å². The Morgan fingerprint density at radius 3 is 2.62 bits per heavy atom. The minimum Gasteiger partial charge on any atom is -0.395 e. The highest BCUT2D eigenvalue weighted by atomic mass is 19.4. The van der Waals surface area contributed by atoms with E-state index in [2.05, 4.69) is 15.3 Å². The third kappa shape index (κ3) is 3.78. The number of aromatic nitrogens is 2. The number of aliphatic hydroxyl groups excluding tert-OH is 1. The molecule has 2 atom stereocenters. The molecule has 1 aromatic rings. The summed E-state index contributed by atoms with van der Waals surface area (Å²) in [7, 11) is 0. The molecule has 0 spiro atoms. The third-order valence-corrected chi connectivity index (χ3v) is 5.71. The van der Waals surface area contributed by atoms with E-state index in [1.165, 1.54) is 13.0 Å². The maximum Gasteiger partial charge on any atom is 0.398 e. The largest absolute Gasteiger partial charge is 0.398 e. The van der Waals surface area contributed by atoms with Crippen LogP contribution in [0, 0.1) is 12.3 Å². The highest BCUT2D eigenvalue weighted by Crippen LogP contribution is 2.62. The molecule has 0 radical (unpaired) electrons. The second-order valence-corrected chi connectivity index (χ2v) is 7.56. The number of hydrogen-bond donors (Lipinski definition) is 2. The van der Waals surface area contributed by atoms with Gasteiger partial charge in [-0.3, -0.25) is 9.97 Å². The molecule has 2 fully saturated rings. The predicted octanol–water partition coefficient (Wildman–Crippen LogP) is 4.10. The molecule has 2 N–H and O–H groups in total. The van der Waals surface area contributed by atoms with Crippen LogP contribution in [0.2, 0.25) is 0 Å². The average molecular weight is 369 g/mol. The molecule has 2 unspecified atom stereocenters. The number of alkyl halides is 3. The first-order chi connectivity index (χ1) is 12.3. The zero-order chi connectivity index (χ0) is 18.9. The normalized spacial score (nSPS) is 26.5. The van der Waals surface area contributed by atoms with Crippen LogP contribution in [0.3, 0.4) is 0 Å². The lowest BCUT2D eigenvalue weighted by atomic mass is 9.95. The van der Waals surface area contributed by atoms with Gasteiger partial charge in [0.15, 0.2) is 0 Å². The fourth-order valence-electron chi connectivity index (χ4n) is 3.76. The summed E-state index contributed by atoms with van der Waals surface area (Å²) in [5, 5.41) is 12.8. The van der Waals surface area contributed by atoms with Crippen LogP contribution in [0.5, 0.6) is 0 Å². The van der Waals surface area contributed by atoms with Crippen LogP contribution < -0.4 is 5.32 Å². The van der Waals surface area contributed by atoms with E-state index in [-0.39, 0.29) is 31.5 Å². The van der Waals surface area contributed by atoms with Crippen LogP contribution in [-0.2, 0) is 0 Å². The highest BCUT2D eigenvalue weighted by molar-refractivity contribution is 5.54. The number of allylic oxidation sites excluding steroid dienone is 1. The Kier molecular flexibility index (Phi) is 5.40. The summed E-state index contributed by atoms with van der Waals surface area (Å²) in [4.78, 5) is 8.98. The number of aryl methyl sites for hydroxylation is 1. The van der Waals surface area contributed by atoms with Crippen molar-refractivity contribution in [3.8, 4) is 0 Å². The maximum absolute atomic E-state index is 13.3. The molecule has 1 saturated carbocycles. The first kappa shape index (κ1) is 19.3. The molecular formula is C19H26F3N3O. The van der Waals surface area contributed by atoms with Gasteiger partial charge < -0.3 is 10.4 Å². The topological polar surface area (TPSA) is 58.0 Å². The number of nitrogens with zero attached hydrogens (tertiary/aromatic N) is 2. The molecule has 0 aromatic carbocycles. The van der Waals surface area contributed by atoms with E-state index < -0.39 is 11.6 Å². The zero-order valence-electron chi connectivity index (χ0n) is 15.2. The average Bonchev–Trinajstić information content (AvgIpc) is 3.40. The first-order valence-electron chi connectivity index (χ1n) is 9.23.